The highest BCUT2D eigenvalue weighted by molar-refractivity contribution is 7.90. The zero-order chi connectivity index (χ0) is 20.1. The SMILES string of the molecule is CS(=O)(=O)c1ccc(-c2ccc(C[C@@H](CO)n3cc(CCO)nn3)cc2)cc1. The van der Waals surface area contributed by atoms with Crippen molar-refractivity contribution in [2.45, 2.75) is 23.8 Å². The van der Waals surface area contributed by atoms with E-state index in [1.165, 1.54) is 6.26 Å². The fourth-order valence-corrected chi connectivity index (χ4v) is 3.59. The molecule has 0 amide bonds. The molecular formula is C20H23N3O4S. The molecule has 3 aromatic rings. The summed E-state index contributed by atoms with van der Waals surface area (Å²) in [5.41, 5.74) is 3.64. The number of nitrogens with zero attached hydrogens (tertiary/aromatic N) is 3. The first-order valence-electron chi connectivity index (χ1n) is 8.92. The monoisotopic (exact) mass is 401 g/mol. The molecule has 148 valence electrons. The maximum Gasteiger partial charge on any atom is 0.175 e. The van der Waals surface area contributed by atoms with Gasteiger partial charge in [0.15, 0.2) is 9.84 Å². The fraction of sp³-hybridized carbons (Fsp3) is 0.300. The first kappa shape index (κ1) is 20.2. The summed E-state index contributed by atoms with van der Waals surface area (Å²) < 4.78 is 24.8. The second kappa shape index (κ2) is 8.64. The van der Waals surface area contributed by atoms with Crippen LogP contribution < -0.4 is 0 Å². The van der Waals surface area contributed by atoms with E-state index in [-0.39, 0.29) is 19.3 Å². The molecule has 0 saturated carbocycles. The molecule has 1 atom stereocenters. The van der Waals surface area contributed by atoms with Crippen LogP contribution in [0.3, 0.4) is 0 Å². The van der Waals surface area contributed by atoms with Crippen LogP contribution in [0.1, 0.15) is 17.3 Å². The molecule has 1 heterocycles. The third-order valence-corrected chi connectivity index (χ3v) is 5.68. The molecule has 2 aromatic carbocycles. The van der Waals surface area contributed by atoms with Crippen LogP contribution in [0.5, 0.6) is 0 Å². The van der Waals surface area contributed by atoms with Crippen molar-refractivity contribution < 1.29 is 18.6 Å². The third-order valence-electron chi connectivity index (χ3n) is 4.55. The zero-order valence-electron chi connectivity index (χ0n) is 15.6. The van der Waals surface area contributed by atoms with E-state index < -0.39 is 9.84 Å². The van der Waals surface area contributed by atoms with Crippen LogP contribution in [0.2, 0.25) is 0 Å². The largest absolute Gasteiger partial charge is 0.396 e. The van der Waals surface area contributed by atoms with Crippen LogP contribution in [-0.4, -0.2) is 53.1 Å². The zero-order valence-corrected chi connectivity index (χ0v) is 16.4. The second-order valence-corrected chi connectivity index (χ2v) is 8.71. The Bertz CT molecular complexity index is 1010. The summed E-state index contributed by atoms with van der Waals surface area (Å²) in [5, 5.41) is 26.7. The molecule has 0 radical (unpaired) electrons. The Balaban J connectivity index is 1.72. The van der Waals surface area contributed by atoms with Crippen LogP contribution in [0, 0.1) is 0 Å². The van der Waals surface area contributed by atoms with E-state index in [1.807, 2.05) is 24.3 Å². The fourth-order valence-electron chi connectivity index (χ4n) is 2.96. The summed E-state index contributed by atoms with van der Waals surface area (Å²) in [7, 11) is -3.20. The number of hydrogen-bond donors (Lipinski definition) is 2. The lowest BCUT2D eigenvalue weighted by molar-refractivity contribution is 0.216. The van der Waals surface area contributed by atoms with Gasteiger partial charge in [-0.25, -0.2) is 13.1 Å². The number of aromatic nitrogens is 3. The van der Waals surface area contributed by atoms with Gasteiger partial charge in [0, 0.05) is 25.5 Å². The minimum absolute atomic E-state index is 0.00904. The Kier molecular flexibility index (Phi) is 6.23. The summed E-state index contributed by atoms with van der Waals surface area (Å²) in [5.74, 6) is 0. The van der Waals surface area contributed by atoms with Gasteiger partial charge in [-0.3, -0.25) is 0 Å². The van der Waals surface area contributed by atoms with E-state index in [2.05, 4.69) is 10.3 Å². The third kappa shape index (κ3) is 4.83. The number of hydrogen-bond acceptors (Lipinski definition) is 6. The van der Waals surface area contributed by atoms with Crippen LogP contribution in [0.25, 0.3) is 11.1 Å². The van der Waals surface area contributed by atoms with Crippen molar-refractivity contribution in [3.05, 3.63) is 66.0 Å². The number of sulfone groups is 1. The van der Waals surface area contributed by atoms with Gasteiger partial charge in [0.2, 0.25) is 0 Å². The molecule has 3 rings (SSSR count). The van der Waals surface area contributed by atoms with Crippen molar-refractivity contribution >= 4 is 9.84 Å². The van der Waals surface area contributed by atoms with Crippen LogP contribution >= 0.6 is 0 Å². The number of aliphatic hydroxyl groups is 2. The highest BCUT2D eigenvalue weighted by Crippen LogP contribution is 2.23. The van der Waals surface area contributed by atoms with Crippen molar-refractivity contribution in [1.82, 2.24) is 15.0 Å². The molecule has 28 heavy (non-hydrogen) atoms. The van der Waals surface area contributed by atoms with Gasteiger partial charge < -0.3 is 10.2 Å². The summed E-state index contributed by atoms with van der Waals surface area (Å²) in [4.78, 5) is 0.298. The molecule has 0 spiro atoms. The minimum atomic E-state index is -3.20. The molecule has 0 fully saturated rings. The van der Waals surface area contributed by atoms with Gasteiger partial charge in [0.05, 0.1) is 23.2 Å². The van der Waals surface area contributed by atoms with Crippen molar-refractivity contribution in [3.63, 3.8) is 0 Å². The minimum Gasteiger partial charge on any atom is -0.396 e. The van der Waals surface area contributed by atoms with Gasteiger partial charge in [-0.05, 0) is 35.2 Å². The van der Waals surface area contributed by atoms with E-state index in [9.17, 15) is 13.5 Å². The number of benzene rings is 2. The molecule has 0 unspecified atom stereocenters. The highest BCUT2D eigenvalue weighted by Gasteiger charge is 2.14. The summed E-state index contributed by atoms with van der Waals surface area (Å²) >= 11 is 0. The van der Waals surface area contributed by atoms with Crippen molar-refractivity contribution in [2.75, 3.05) is 19.5 Å². The van der Waals surface area contributed by atoms with Crippen LogP contribution in [-0.2, 0) is 22.7 Å². The van der Waals surface area contributed by atoms with E-state index >= 15 is 0 Å². The second-order valence-electron chi connectivity index (χ2n) is 6.70. The molecule has 0 aliphatic heterocycles. The van der Waals surface area contributed by atoms with Crippen molar-refractivity contribution in [2.24, 2.45) is 0 Å². The highest BCUT2D eigenvalue weighted by atomic mass is 32.2. The Hall–Kier alpha value is -2.55. The first-order chi connectivity index (χ1) is 13.4. The quantitative estimate of drug-likeness (QED) is 0.595. The predicted octanol–water partition coefficient (Wildman–Crippen LogP) is 1.66. The average Bonchev–Trinajstić information content (AvgIpc) is 3.15. The van der Waals surface area contributed by atoms with Gasteiger partial charge in [-0.2, -0.15) is 0 Å². The molecule has 0 bridgehead atoms. The van der Waals surface area contributed by atoms with E-state index in [4.69, 9.17) is 5.11 Å². The smallest absolute Gasteiger partial charge is 0.175 e. The first-order valence-corrected chi connectivity index (χ1v) is 10.8. The van der Waals surface area contributed by atoms with E-state index in [1.54, 1.807) is 35.1 Å². The molecule has 1 aromatic heterocycles. The average molecular weight is 401 g/mol. The molecule has 7 nitrogen and oxygen atoms in total. The van der Waals surface area contributed by atoms with Crippen LogP contribution in [0.15, 0.2) is 59.6 Å². The van der Waals surface area contributed by atoms with Gasteiger partial charge in [0.1, 0.15) is 0 Å². The van der Waals surface area contributed by atoms with Crippen molar-refractivity contribution in [3.8, 4) is 11.1 Å². The lowest BCUT2D eigenvalue weighted by Gasteiger charge is -2.14. The van der Waals surface area contributed by atoms with E-state index in [0.29, 0.717) is 23.4 Å². The summed E-state index contributed by atoms with van der Waals surface area (Å²) in [6.07, 6.45) is 3.96. The molecular weight excluding hydrogens is 378 g/mol. The van der Waals surface area contributed by atoms with E-state index in [0.717, 1.165) is 16.7 Å². The van der Waals surface area contributed by atoms with Gasteiger partial charge in [-0.15, -0.1) is 5.10 Å². The number of rotatable bonds is 8. The molecule has 0 saturated heterocycles. The topological polar surface area (TPSA) is 105 Å². The lowest BCUT2D eigenvalue weighted by Crippen LogP contribution is -2.16. The Labute approximate surface area is 164 Å². The molecule has 2 N–H and O–H groups in total. The maximum absolute atomic E-state index is 11.6. The molecule has 8 heteroatoms. The predicted molar refractivity (Wildman–Crippen MR) is 106 cm³/mol. The standard InChI is InChI=1S/C20H23N3O4S/c1-28(26,27)20-8-6-17(7-9-20)16-4-2-15(3-5-16)12-19(14-25)23-13-18(10-11-24)21-22-23/h2-9,13,19,24-25H,10-12,14H2,1H3/t19-/m0/s1. The lowest BCUT2D eigenvalue weighted by atomic mass is 10.0. The Morgan fingerprint density at radius 1 is 1.00 bits per heavy atom. The maximum atomic E-state index is 11.6. The van der Waals surface area contributed by atoms with Gasteiger partial charge in [0.25, 0.3) is 0 Å². The molecule has 0 aliphatic carbocycles. The Morgan fingerprint density at radius 3 is 2.14 bits per heavy atom. The van der Waals surface area contributed by atoms with Gasteiger partial charge in [-0.1, -0.05) is 41.6 Å². The van der Waals surface area contributed by atoms with Crippen LogP contribution in [0.4, 0.5) is 0 Å². The van der Waals surface area contributed by atoms with Gasteiger partial charge >= 0.3 is 0 Å². The molecule has 0 aliphatic rings. The normalized spacial score (nSPS) is 12.8. The van der Waals surface area contributed by atoms with Crippen molar-refractivity contribution in [1.29, 1.82) is 0 Å². The summed E-state index contributed by atoms with van der Waals surface area (Å²) in [6, 6.07) is 14.5. The Morgan fingerprint density at radius 2 is 1.61 bits per heavy atom. The number of aliphatic hydroxyl groups excluding tert-OH is 2. The summed E-state index contributed by atoms with van der Waals surface area (Å²) in [6.45, 7) is -0.0637.